The van der Waals surface area contributed by atoms with Crippen molar-refractivity contribution < 1.29 is 14.3 Å². The van der Waals surface area contributed by atoms with Crippen LogP contribution in [0, 0.1) is 11.3 Å². The topological polar surface area (TPSA) is 124 Å². The Balaban J connectivity index is 2.60. The number of nitrogens with two attached hydrogens (primary N) is 2. The van der Waals surface area contributed by atoms with Gasteiger partial charge >= 0.3 is 5.97 Å². The molecule has 0 unspecified atom stereocenters. The number of primary amides is 1. The van der Waals surface area contributed by atoms with Crippen molar-refractivity contribution >= 4 is 17.6 Å². The lowest BCUT2D eigenvalue weighted by Gasteiger charge is -2.08. The number of methoxy groups -OCH3 is 1. The number of rotatable bonds is 3. The van der Waals surface area contributed by atoms with E-state index < -0.39 is 11.9 Å². The normalized spacial score (nSPS) is 9.90. The minimum absolute atomic E-state index is 0.0447. The second kappa shape index (κ2) is 5.38. The van der Waals surface area contributed by atoms with Crippen molar-refractivity contribution in [3.63, 3.8) is 0 Å². The molecule has 0 bridgehead atoms. The molecule has 1 amide bonds. The Bertz CT molecular complexity index is 754. The molecule has 21 heavy (non-hydrogen) atoms. The summed E-state index contributed by atoms with van der Waals surface area (Å²) in [5, 5.41) is 9.02. The van der Waals surface area contributed by atoms with Crippen molar-refractivity contribution in [3.05, 3.63) is 47.3 Å². The largest absolute Gasteiger partial charge is 0.464 e. The van der Waals surface area contributed by atoms with Gasteiger partial charge in [0.05, 0.1) is 18.4 Å². The summed E-state index contributed by atoms with van der Waals surface area (Å²) >= 11 is 0. The molecule has 0 saturated carbocycles. The van der Waals surface area contributed by atoms with Crippen LogP contribution < -0.4 is 11.5 Å². The van der Waals surface area contributed by atoms with Crippen LogP contribution in [0.5, 0.6) is 0 Å². The van der Waals surface area contributed by atoms with E-state index in [-0.39, 0.29) is 16.9 Å². The molecule has 0 spiro atoms. The molecule has 2 rings (SSSR count). The lowest BCUT2D eigenvalue weighted by atomic mass is 10.2. The highest BCUT2D eigenvalue weighted by molar-refractivity contribution is 5.96. The van der Waals surface area contributed by atoms with Gasteiger partial charge in [-0.05, 0) is 24.3 Å². The minimum atomic E-state index is -0.659. The average molecular weight is 284 g/mol. The predicted molar refractivity (Wildman–Crippen MR) is 74.8 cm³/mol. The third kappa shape index (κ3) is 2.42. The molecule has 0 aliphatic rings. The smallest absolute Gasteiger partial charge is 0.357 e. The second-order valence-corrected chi connectivity index (χ2v) is 4.19. The number of nitrogen functional groups attached to an aromatic ring is 1. The summed E-state index contributed by atoms with van der Waals surface area (Å²) in [7, 11) is 1.22. The van der Waals surface area contributed by atoms with Crippen LogP contribution in [0.15, 0.2) is 30.5 Å². The van der Waals surface area contributed by atoms with Crippen molar-refractivity contribution in [2.45, 2.75) is 0 Å². The van der Waals surface area contributed by atoms with Gasteiger partial charge in [-0.1, -0.05) is 0 Å². The molecule has 4 N–H and O–H groups in total. The van der Waals surface area contributed by atoms with E-state index in [4.69, 9.17) is 16.7 Å². The Hall–Kier alpha value is -3.27. The summed E-state index contributed by atoms with van der Waals surface area (Å²) in [5.74, 6) is -1.22. The van der Waals surface area contributed by atoms with E-state index in [9.17, 15) is 9.59 Å². The van der Waals surface area contributed by atoms with Crippen LogP contribution in [0.3, 0.4) is 0 Å². The summed E-state index contributed by atoms with van der Waals surface area (Å²) in [6, 6.07) is 8.12. The van der Waals surface area contributed by atoms with Gasteiger partial charge in [-0.15, -0.1) is 0 Å². The highest BCUT2D eigenvalue weighted by Gasteiger charge is 2.21. The number of amides is 1. The number of hydrogen-bond acceptors (Lipinski definition) is 5. The zero-order chi connectivity index (χ0) is 15.6. The van der Waals surface area contributed by atoms with Crippen LogP contribution in [-0.2, 0) is 4.74 Å². The number of aromatic nitrogens is 1. The van der Waals surface area contributed by atoms with E-state index in [0.717, 1.165) is 0 Å². The number of anilines is 1. The molecule has 2 aromatic rings. The van der Waals surface area contributed by atoms with E-state index in [0.29, 0.717) is 11.3 Å². The first-order chi connectivity index (χ1) is 9.99. The molecule has 0 saturated heterocycles. The van der Waals surface area contributed by atoms with Crippen molar-refractivity contribution in [1.29, 1.82) is 5.26 Å². The van der Waals surface area contributed by atoms with E-state index in [1.807, 2.05) is 6.07 Å². The first kappa shape index (κ1) is 14.1. The molecule has 0 fully saturated rings. The molecular formula is C14H12N4O3. The summed E-state index contributed by atoms with van der Waals surface area (Å²) in [6.45, 7) is 0. The number of nitriles is 1. The molecule has 7 heteroatoms. The number of ether oxygens (including phenoxy) is 1. The average Bonchev–Trinajstić information content (AvgIpc) is 2.83. The predicted octanol–water partition coefficient (Wildman–Crippen LogP) is 0.817. The first-order valence-electron chi connectivity index (χ1n) is 5.89. The number of carbonyl (C=O) groups excluding carboxylic acids is 2. The monoisotopic (exact) mass is 284 g/mol. The Morgan fingerprint density at radius 2 is 1.90 bits per heavy atom. The maximum atomic E-state index is 11.8. The van der Waals surface area contributed by atoms with Crippen LogP contribution in [0.2, 0.25) is 0 Å². The fourth-order valence-corrected chi connectivity index (χ4v) is 1.90. The zero-order valence-corrected chi connectivity index (χ0v) is 11.2. The molecule has 106 valence electrons. The van der Waals surface area contributed by atoms with Crippen molar-refractivity contribution in [1.82, 2.24) is 4.57 Å². The van der Waals surface area contributed by atoms with Crippen molar-refractivity contribution in [2.24, 2.45) is 5.73 Å². The van der Waals surface area contributed by atoms with E-state index in [2.05, 4.69) is 4.74 Å². The first-order valence-corrected chi connectivity index (χ1v) is 5.89. The van der Waals surface area contributed by atoms with Gasteiger partial charge in [0, 0.05) is 17.4 Å². The number of carbonyl (C=O) groups is 2. The number of benzene rings is 1. The van der Waals surface area contributed by atoms with Gasteiger partial charge in [0.1, 0.15) is 6.07 Å². The Morgan fingerprint density at radius 1 is 1.29 bits per heavy atom. The Kier molecular flexibility index (Phi) is 3.63. The van der Waals surface area contributed by atoms with Crippen LogP contribution >= 0.6 is 0 Å². The maximum absolute atomic E-state index is 11.8. The molecule has 0 radical (unpaired) electrons. The highest BCUT2D eigenvalue weighted by atomic mass is 16.5. The number of hydrogen-bond donors (Lipinski definition) is 2. The fraction of sp³-hybridized carbons (Fsp3) is 0.0714. The van der Waals surface area contributed by atoms with E-state index in [1.54, 1.807) is 12.1 Å². The SMILES string of the molecule is COC(=O)c1c(N)c(C#N)cn1-c1ccc(C(N)=O)cc1. The van der Waals surface area contributed by atoms with E-state index in [1.165, 1.54) is 30.0 Å². The van der Waals surface area contributed by atoms with Crippen LogP contribution in [0.25, 0.3) is 5.69 Å². The summed E-state index contributed by atoms with van der Waals surface area (Å²) < 4.78 is 6.11. The molecule has 1 heterocycles. The second-order valence-electron chi connectivity index (χ2n) is 4.19. The van der Waals surface area contributed by atoms with Gasteiger partial charge in [-0.3, -0.25) is 4.79 Å². The maximum Gasteiger partial charge on any atom is 0.357 e. The molecule has 1 aromatic heterocycles. The lowest BCUT2D eigenvalue weighted by Crippen LogP contribution is -2.12. The third-order valence-electron chi connectivity index (χ3n) is 2.97. The summed E-state index contributed by atoms with van der Waals surface area (Å²) in [4.78, 5) is 22.9. The van der Waals surface area contributed by atoms with Crippen LogP contribution in [0.1, 0.15) is 26.4 Å². The number of nitrogens with zero attached hydrogens (tertiary/aromatic N) is 2. The van der Waals surface area contributed by atoms with Gasteiger partial charge in [0.15, 0.2) is 5.69 Å². The lowest BCUT2D eigenvalue weighted by molar-refractivity contribution is 0.0593. The molecule has 0 atom stereocenters. The third-order valence-corrected chi connectivity index (χ3v) is 2.97. The quantitative estimate of drug-likeness (QED) is 0.807. The van der Waals surface area contributed by atoms with E-state index >= 15 is 0 Å². The molecule has 1 aromatic carbocycles. The van der Waals surface area contributed by atoms with Gasteiger partial charge in [0.2, 0.25) is 5.91 Å². The number of esters is 1. The molecular weight excluding hydrogens is 272 g/mol. The highest BCUT2D eigenvalue weighted by Crippen LogP contribution is 2.24. The van der Waals surface area contributed by atoms with Gasteiger partial charge in [0.25, 0.3) is 0 Å². The standard InChI is InChI=1S/C14H12N4O3/c1-21-14(20)12-11(16)9(6-15)7-18(12)10-4-2-8(3-5-10)13(17)19/h2-5,7H,16H2,1H3,(H2,17,19). The van der Waals surface area contributed by atoms with Gasteiger partial charge < -0.3 is 20.8 Å². The van der Waals surface area contributed by atoms with Gasteiger partial charge in [-0.25, -0.2) is 4.79 Å². The Labute approximate surface area is 120 Å². The summed E-state index contributed by atoms with van der Waals surface area (Å²) in [6.07, 6.45) is 1.43. The van der Waals surface area contributed by atoms with Gasteiger partial charge in [-0.2, -0.15) is 5.26 Å². The minimum Gasteiger partial charge on any atom is -0.464 e. The van der Waals surface area contributed by atoms with Crippen molar-refractivity contribution in [2.75, 3.05) is 12.8 Å². The molecule has 7 nitrogen and oxygen atoms in total. The summed E-state index contributed by atoms with van der Waals surface area (Å²) in [5.41, 5.74) is 12.1. The zero-order valence-electron chi connectivity index (χ0n) is 11.2. The van der Waals surface area contributed by atoms with Crippen LogP contribution in [-0.4, -0.2) is 23.6 Å². The molecule has 0 aliphatic heterocycles. The van der Waals surface area contributed by atoms with Crippen LogP contribution in [0.4, 0.5) is 5.69 Å². The van der Waals surface area contributed by atoms with Crippen molar-refractivity contribution in [3.8, 4) is 11.8 Å². The molecule has 0 aliphatic carbocycles. The fourth-order valence-electron chi connectivity index (χ4n) is 1.90. The Morgan fingerprint density at radius 3 is 2.38 bits per heavy atom.